The van der Waals surface area contributed by atoms with Crippen molar-refractivity contribution >= 4 is 46.7 Å². The zero-order valence-electron chi connectivity index (χ0n) is 21.9. The molecule has 1 aromatic carbocycles. The predicted molar refractivity (Wildman–Crippen MR) is 141 cm³/mol. The van der Waals surface area contributed by atoms with Crippen LogP contribution in [0.25, 0.3) is 11.2 Å². The first kappa shape index (κ1) is 29.3. The molecule has 3 amide bonds. The number of ether oxygens (including phenoxy) is 1. The standard InChI is InChI=1S/C24H29N9O7/c1-24(2,3)40-23(39)33-32-16(34)9-8-15(21(37)38)29-19(35)12-4-6-13(7-5-12)26-10-14-11-27-18-17(28-14)20(36)31-22(25)30-18/h4-7,11,15,26H,8-10H2,1-3H3,(H,29,35)(H,32,34)(H,33,39)(H,37,38)(H3,25,27,30,31,36). The van der Waals surface area contributed by atoms with Crippen LogP contribution in [0, 0.1) is 0 Å². The Hall–Kier alpha value is -5.28. The number of hydrogen-bond acceptors (Lipinski definition) is 12. The highest BCUT2D eigenvalue weighted by atomic mass is 16.6. The van der Waals surface area contributed by atoms with Gasteiger partial charge in [0.15, 0.2) is 11.2 Å². The van der Waals surface area contributed by atoms with Crippen LogP contribution in [0.2, 0.25) is 0 Å². The SMILES string of the molecule is CC(C)(C)OC(=O)NNC(=O)CCC(NC(=O)c1ccc(NCc2cnc3nc(N)nc(O)c3n2)cc1)C(=O)O. The third-order valence-corrected chi connectivity index (χ3v) is 5.04. The molecule has 16 nitrogen and oxygen atoms in total. The third-order valence-electron chi connectivity index (χ3n) is 5.04. The molecule has 3 aromatic rings. The highest BCUT2D eigenvalue weighted by Gasteiger charge is 2.22. The molecule has 40 heavy (non-hydrogen) atoms. The van der Waals surface area contributed by atoms with Crippen molar-refractivity contribution in [1.82, 2.24) is 36.1 Å². The van der Waals surface area contributed by atoms with E-state index in [-0.39, 0.29) is 47.9 Å². The van der Waals surface area contributed by atoms with Crippen LogP contribution in [0.1, 0.15) is 49.7 Å². The molecule has 0 aliphatic carbocycles. The number of amides is 3. The van der Waals surface area contributed by atoms with Crippen molar-refractivity contribution in [1.29, 1.82) is 0 Å². The van der Waals surface area contributed by atoms with Crippen LogP contribution in [-0.2, 0) is 20.9 Å². The molecule has 0 radical (unpaired) electrons. The van der Waals surface area contributed by atoms with Gasteiger partial charge in [-0.1, -0.05) is 0 Å². The number of fused-ring (bicyclic) bond motifs is 1. The largest absolute Gasteiger partial charge is 0.492 e. The van der Waals surface area contributed by atoms with E-state index < -0.39 is 35.5 Å². The average molecular weight is 556 g/mol. The van der Waals surface area contributed by atoms with Crippen LogP contribution in [0.4, 0.5) is 16.4 Å². The second-order valence-corrected chi connectivity index (χ2v) is 9.45. The van der Waals surface area contributed by atoms with E-state index in [4.69, 9.17) is 10.5 Å². The maximum Gasteiger partial charge on any atom is 0.426 e. The molecule has 0 saturated heterocycles. The molecular weight excluding hydrogens is 526 g/mol. The number of hydrazine groups is 1. The number of nitrogen functional groups attached to an aromatic ring is 1. The van der Waals surface area contributed by atoms with E-state index in [0.29, 0.717) is 11.4 Å². The van der Waals surface area contributed by atoms with Gasteiger partial charge in [0.1, 0.15) is 11.6 Å². The van der Waals surface area contributed by atoms with Gasteiger partial charge >= 0.3 is 12.1 Å². The monoisotopic (exact) mass is 555 g/mol. The van der Waals surface area contributed by atoms with Gasteiger partial charge in [0.05, 0.1) is 18.4 Å². The Balaban J connectivity index is 1.50. The molecule has 0 saturated carbocycles. The molecule has 212 valence electrons. The molecule has 0 bridgehead atoms. The maximum atomic E-state index is 12.6. The Bertz CT molecular complexity index is 1410. The second kappa shape index (κ2) is 12.5. The van der Waals surface area contributed by atoms with E-state index in [9.17, 15) is 29.4 Å². The molecule has 8 N–H and O–H groups in total. The van der Waals surface area contributed by atoms with E-state index in [1.807, 2.05) is 0 Å². The number of nitrogens with two attached hydrogens (primary N) is 1. The van der Waals surface area contributed by atoms with Crippen molar-refractivity contribution in [2.24, 2.45) is 0 Å². The minimum atomic E-state index is -1.35. The van der Waals surface area contributed by atoms with Gasteiger partial charge in [0, 0.05) is 17.7 Å². The van der Waals surface area contributed by atoms with Crippen molar-refractivity contribution in [3.63, 3.8) is 0 Å². The second-order valence-electron chi connectivity index (χ2n) is 9.45. The number of aromatic hydroxyl groups is 1. The van der Waals surface area contributed by atoms with Crippen molar-refractivity contribution in [2.75, 3.05) is 11.1 Å². The van der Waals surface area contributed by atoms with E-state index in [1.165, 1.54) is 18.3 Å². The molecule has 16 heteroatoms. The molecule has 0 aliphatic heterocycles. The first-order valence-corrected chi connectivity index (χ1v) is 11.9. The van der Waals surface area contributed by atoms with Crippen LogP contribution < -0.4 is 27.2 Å². The normalized spacial score (nSPS) is 11.8. The summed E-state index contributed by atoms with van der Waals surface area (Å²) in [4.78, 5) is 63.7. The third kappa shape index (κ3) is 8.64. The summed E-state index contributed by atoms with van der Waals surface area (Å²) in [6.45, 7) is 5.19. The predicted octanol–water partition coefficient (Wildman–Crippen LogP) is 0.839. The lowest BCUT2D eigenvalue weighted by Crippen LogP contribution is -2.45. The molecule has 0 aliphatic rings. The topological polar surface area (TPSA) is 244 Å². The van der Waals surface area contributed by atoms with E-state index in [1.54, 1.807) is 32.9 Å². The van der Waals surface area contributed by atoms with Gasteiger partial charge < -0.3 is 31.3 Å². The Morgan fingerprint density at radius 2 is 1.75 bits per heavy atom. The number of anilines is 2. The summed E-state index contributed by atoms with van der Waals surface area (Å²) in [6.07, 6.45) is 0.0858. The molecule has 2 heterocycles. The smallest absolute Gasteiger partial charge is 0.426 e. The van der Waals surface area contributed by atoms with Crippen LogP contribution >= 0.6 is 0 Å². The maximum absolute atomic E-state index is 12.6. The lowest BCUT2D eigenvalue weighted by atomic mass is 10.1. The first-order valence-electron chi connectivity index (χ1n) is 11.9. The lowest BCUT2D eigenvalue weighted by molar-refractivity contribution is -0.139. The van der Waals surface area contributed by atoms with Gasteiger partial charge in [0.25, 0.3) is 5.91 Å². The zero-order valence-corrected chi connectivity index (χ0v) is 21.9. The Kier molecular flexibility index (Phi) is 9.16. The molecule has 1 atom stereocenters. The number of nitrogens with one attached hydrogen (secondary N) is 4. The average Bonchev–Trinajstić information content (AvgIpc) is 2.87. The van der Waals surface area contributed by atoms with Crippen LogP contribution in [0.3, 0.4) is 0 Å². The molecular formula is C24H29N9O7. The summed E-state index contributed by atoms with van der Waals surface area (Å²) in [5.74, 6) is -3.15. The van der Waals surface area contributed by atoms with Crippen LogP contribution in [-0.4, -0.2) is 65.7 Å². The van der Waals surface area contributed by atoms with Gasteiger partial charge in [-0.25, -0.2) is 25.0 Å². The lowest BCUT2D eigenvalue weighted by Gasteiger charge is -2.20. The number of aromatic nitrogens is 4. The molecule has 0 fully saturated rings. The zero-order chi connectivity index (χ0) is 29.4. The number of hydrogen-bond donors (Lipinski definition) is 7. The molecule has 1 unspecified atom stereocenters. The summed E-state index contributed by atoms with van der Waals surface area (Å²) >= 11 is 0. The van der Waals surface area contributed by atoms with Gasteiger partial charge in [-0.2, -0.15) is 9.97 Å². The number of carboxylic acid groups (broad SMARTS) is 1. The van der Waals surface area contributed by atoms with Gasteiger partial charge in [-0.15, -0.1) is 0 Å². The fourth-order valence-electron chi connectivity index (χ4n) is 3.22. The Morgan fingerprint density at radius 3 is 2.40 bits per heavy atom. The van der Waals surface area contributed by atoms with Crippen molar-refractivity contribution in [3.8, 4) is 5.88 Å². The first-order chi connectivity index (χ1) is 18.8. The minimum Gasteiger partial charge on any atom is -0.492 e. The van der Waals surface area contributed by atoms with Crippen LogP contribution in [0.15, 0.2) is 30.5 Å². The highest BCUT2D eigenvalue weighted by Crippen LogP contribution is 2.19. The number of benzene rings is 1. The van der Waals surface area contributed by atoms with Gasteiger partial charge in [-0.3, -0.25) is 15.0 Å². The van der Waals surface area contributed by atoms with Crippen molar-refractivity contribution < 1.29 is 34.1 Å². The summed E-state index contributed by atoms with van der Waals surface area (Å²) in [5.41, 5.74) is 10.5. The van der Waals surface area contributed by atoms with Gasteiger partial charge in [0.2, 0.25) is 17.7 Å². The Labute approximate surface area is 227 Å². The molecule has 3 rings (SSSR count). The quantitative estimate of drug-likeness (QED) is 0.181. The summed E-state index contributed by atoms with van der Waals surface area (Å²) in [6, 6.07) is 4.84. The summed E-state index contributed by atoms with van der Waals surface area (Å²) in [7, 11) is 0. The van der Waals surface area contributed by atoms with Gasteiger partial charge in [-0.05, 0) is 51.5 Å². The highest BCUT2D eigenvalue weighted by molar-refractivity contribution is 5.97. The molecule has 0 spiro atoms. The summed E-state index contributed by atoms with van der Waals surface area (Å²) < 4.78 is 4.98. The summed E-state index contributed by atoms with van der Waals surface area (Å²) in [5, 5.41) is 24.8. The number of rotatable bonds is 9. The fraction of sp³-hybridized carbons (Fsp3) is 0.333. The number of aliphatic carboxylic acids is 1. The fourth-order valence-corrected chi connectivity index (χ4v) is 3.22. The number of carbonyl (C=O) groups excluding carboxylic acids is 3. The van der Waals surface area contributed by atoms with Crippen molar-refractivity contribution in [3.05, 3.63) is 41.7 Å². The van der Waals surface area contributed by atoms with E-state index in [0.717, 1.165) is 0 Å². The minimum absolute atomic E-state index is 0.102. The Morgan fingerprint density at radius 1 is 1.05 bits per heavy atom. The van der Waals surface area contributed by atoms with E-state index >= 15 is 0 Å². The molecule has 2 aromatic heterocycles. The van der Waals surface area contributed by atoms with Crippen molar-refractivity contribution in [2.45, 2.75) is 51.8 Å². The van der Waals surface area contributed by atoms with Crippen LogP contribution in [0.5, 0.6) is 5.88 Å². The number of carbonyl (C=O) groups is 4. The number of carboxylic acids is 1. The number of nitrogens with zero attached hydrogens (tertiary/aromatic N) is 4. The van der Waals surface area contributed by atoms with E-state index in [2.05, 4.69) is 41.4 Å².